The van der Waals surface area contributed by atoms with E-state index in [1.807, 2.05) is 30.3 Å². The quantitative estimate of drug-likeness (QED) is 0.528. The molecule has 0 spiro atoms. The van der Waals surface area contributed by atoms with Gasteiger partial charge in [0.15, 0.2) is 5.76 Å². The summed E-state index contributed by atoms with van der Waals surface area (Å²) in [5, 5.41) is 2.97. The standard InChI is InChI=1S/C26H31N3O3/c1-2-21-11-6-7-13-29(21)14-8-12-27-26(31)22-16-20-17-23(30)24(32-25(20)18-28-22)15-19-9-4-3-5-10-19/h3-5,9-10,15-16,18,21H,2,6-8,11-14,17H2,1H3,(H,27,31)/b24-15-. The molecule has 2 aliphatic rings. The van der Waals surface area contributed by atoms with E-state index in [4.69, 9.17) is 4.74 Å². The summed E-state index contributed by atoms with van der Waals surface area (Å²) in [7, 11) is 0. The molecule has 1 N–H and O–H groups in total. The van der Waals surface area contributed by atoms with Crippen LogP contribution in [0.5, 0.6) is 5.75 Å². The van der Waals surface area contributed by atoms with Crippen LogP contribution in [0.4, 0.5) is 0 Å². The number of aromatic nitrogens is 1. The molecular weight excluding hydrogens is 402 g/mol. The summed E-state index contributed by atoms with van der Waals surface area (Å²) in [6, 6.07) is 11.9. The first-order valence-corrected chi connectivity index (χ1v) is 11.6. The van der Waals surface area contributed by atoms with Gasteiger partial charge in [-0.2, -0.15) is 0 Å². The van der Waals surface area contributed by atoms with Gasteiger partial charge in [0, 0.05) is 31.1 Å². The summed E-state index contributed by atoms with van der Waals surface area (Å²) >= 11 is 0. The fourth-order valence-corrected chi connectivity index (χ4v) is 4.48. The number of Topliss-reactive ketones (excluding diaryl/α,β-unsaturated/α-hetero) is 1. The zero-order chi connectivity index (χ0) is 22.3. The summed E-state index contributed by atoms with van der Waals surface area (Å²) in [5.41, 5.74) is 1.91. The first-order valence-electron chi connectivity index (χ1n) is 11.6. The minimum absolute atomic E-state index is 0.106. The number of benzene rings is 1. The first-order chi connectivity index (χ1) is 15.6. The fraction of sp³-hybridized carbons (Fsp3) is 0.423. The van der Waals surface area contributed by atoms with Gasteiger partial charge in [0.2, 0.25) is 5.78 Å². The van der Waals surface area contributed by atoms with Crippen LogP contribution in [0, 0.1) is 0 Å². The van der Waals surface area contributed by atoms with Gasteiger partial charge in [0.25, 0.3) is 5.91 Å². The maximum absolute atomic E-state index is 12.6. The van der Waals surface area contributed by atoms with Crippen molar-refractivity contribution in [2.24, 2.45) is 0 Å². The second-order valence-electron chi connectivity index (χ2n) is 8.50. The molecule has 2 aromatic rings. The number of nitrogens with one attached hydrogen (secondary N) is 1. The van der Waals surface area contributed by atoms with Crippen LogP contribution in [-0.2, 0) is 11.2 Å². The monoisotopic (exact) mass is 433 g/mol. The zero-order valence-corrected chi connectivity index (χ0v) is 18.7. The number of ether oxygens (including phenoxy) is 1. The van der Waals surface area contributed by atoms with E-state index in [1.165, 1.54) is 31.9 Å². The van der Waals surface area contributed by atoms with E-state index in [0.29, 0.717) is 35.4 Å². The van der Waals surface area contributed by atoms with Crippen molar-refractivity contribution in [1.82, 2.24) is 15.2 Å². The summed E-state index contributed by atoms with van der Waals surface area (Å²) in [5.74, 6) is 0.507. The van der Waals surface area contributed by atoms with Crippen molar-refractivity contribution in [1.29, 1.82) is 0 Å². The Bertz CT molecular complexity index is 987. The Kier molecular flexibility index (Phi) is 7.32. The molecule has 1 amide bonds. The van der Waals surface area contributed by atoms with Gasteiger partial charge in [0.05, 0.1) is 6.20 Å². The molecule has 32 heavy (non-hydrogen) atoms. The lowest BCUT2D eigenvalue weighted by Crippen LogP contribution is -2.40. The maximum atomic E-state index is 12.6. The predicted molar refractivity (Wildman–Crippen MR) is 124 cm³/mol. The van der Waals surface area contributed by atoms with Gasteiger partial charge in [-0.15, -0.1) is 0 Å². The average Bonchev–Trinajstić information content (AvgIpc) is 2.82. The number of ketones is 1. The Balaban J connectivity index is 1.32. The van der Waals surface area contributed by atoms with E-state index in [9.17, 15) is 9.59 Å². The molecule has 1 saturated heterocycles. The van der Waals surface area contributed by atoms with Crippen molar-refractivity contribution in [2.45, 2.75) is 51.5 Å². The normalized spacial score (nSPS) is 20.0. The molecule has 1 aromatic carbocycles. The highest BCUT2D eigenvalue weighted by atomic mass is 16.5. The molecule has 2 aliphatic heterocycles. The van der Waals surface area contributed by atoms with Gasteiger partial charge < -0.3 is 15.0 Å². The Morgan fingerprint density at radius 2 is 2.12 bits per heavy atom. The van der Waals surface area contributed by atoms with Gasteiger partial charge in [-0.25, -0.2) is 4.98 Å². The summed E-state index contributed by atoms with van der Waals surface area (Å²) < 4.78 is 5.78. The second-order valence-corrected chi connectivity index (χ2v) is 8.50. The number of pyridine rings is 1. The lowest BCUT2D eigenvalue weighted by Gasteiger charge is -2.35. The van der Waals surface area contributed by atoms with Crippen LogP contribution < -0.4 is 10.1 Å². The minimum atomic E-state index is -0.212. The molecule has 6 nitrogen and oxygen atoms in total. The summed E-state index contributed by atoms with van der Waals surface area (Å²) in [6.07, 6.45) is 9.45. The zero-order valence-electron chi connectivity index (χ0n) is 18.7. The smallest absolute Gasteiger partial charge is 0.269 e. The van der Waals surface area contributed by atoms with Gasteiger partial charge in [-0.05, 0) is 49.9 Å². The third-order valence-electron chi connectivity index (χ3n) is 6.25. The SMILES string of the molecule is CCC1CCCCN1CCCNC(=O)c1cc2c(cn1)O/C(=C\c1ccccc1)C(=O)C2. The molecule has 3 heterocycles. The number of amides is 1. The molecule has 4 rings (SSSR count). The van der Waals surface area contributed by atoms with Crippen LogP contribution >= 0.6 is 0 Å². The average molecular weight is 434 g/mol. The molecule has 168 valence electrons. The second kappa shape index (κ2) is 10.6. The topological polar surface area (TPSA) is 71.5 Å². The van der Waals surface area contributed by atoms with Crippen LogP contribution in [0.25, 0.3) is 6.08 Å². The van der Waals surface area contributed by atoms with Crippen molar-refractivity contribution in [2.75, 3.05) is 19.6 Å². The fourth-order valence-electron chi connectivity index (χ4n) is 4.48. The minimum Gasteiger partial charge on any atom is -0.452 e. The van der Waals surface area contributed by atoms with E-state index in [-0.39, 0.29) is 18.1 Å². The number of hydrogen-bond donors (Lipinski definition) is 1. The van der Waals surface area contributed by atoms with E-state index in [1.54, 1.807) is 12.1 Å². The lowest BCUT2D eigenvalue weighted by molar-refractivity contribution is -0.117. The molecule has 1 fully saturated rings. The van der Waals surface area contributed by atoms with Crippen molar-refractivity contribution in [3.05, 3.63) is 65.2 Å². The highest BCUT2D eigenvalue weighted by Gasteiger charge is 2.24. The number of piperidine rings is 1. The van der Waals surface area contributed by atoms with Crippen molar-refractivity contribution >= 4 is 17.8 Å². The Morgan fingerprint density at radius 1 is 1.28 bits per heavy atom. The molecule has 0 radical (unpaired) electrons. The van der Waals surface area contributed by atoms with Crippen molar-refractivity contribution < 1.29 is 14.3 Å². The molecule has 0 bridgehead atoms. The van der Waals surface area contributed by atoms with Crippen LogP contribution in [0.2, 0.25) is 0 Å². The van der Waals surface area contributed by atoms with Crippen molar-refractivity contribution in [3.8, 4) is 5.75 Å². The van der Waals surface area contributed by atoms with Gasteiger partial charge >= 0.3 is 0 Å². The molecule has 1 aromatic heterocycles. The van der Waals surface area contributed by atoms with E-state index >= 15 is 0 Å². The maximum Gasteiger partial charge on any atom is 0.269 e. The van der Waals surface area contributed by atoms with Gasteiger partial charge in [-0.1, -0.05) is 43.7 Å². The molecule has 0 aliphatic carbocycles. The number of fused-ring (bicyclic) bond motifs is 1. The van der Waals surface area contributed by atoms with Gasteiger partial charge in [-0.3, -0.25) is 9.59 Å². The largest absolute Gasteiger partial charge is 0.452 e. The molecule has 6 heteroatoms. The number of likely N-dealkylation sites (tertiary alicyclic amines) is 1. The van der Waals surface area contributed by atoms with Crippen molar-refractivity contribution in [3.63, 3.8) is 0 Å². The lowest BCUT2D eigenvalue weighted by atomic mass is 10.00. The van der Waals surface area contributed by atoms with E-state index in [0.717, 1.165) is 25.1 Å². The number of nitrogens with zero attached hydrogens (tertiary/aromatic N) is 2. The van der Waals surface area contributed by atoms with Crippen LogP contribution in [0.15, 0.2) is 48.4 Å². The Labute approximate surface area is 189 Å². The van der Waals surface area contributed by atoms with Crippen LogP contribution in [-0.4, -0.2) is 47.3 Å². The number of allylic oxidation sites excluding steroid dienone is 1. The first kappa shape index (κ1) is 22.2. The third kappa shape index (κ3) is 5.43. The summed E-state index contributed by atoms with van der Waals surface area (Å²) in [6.45, 7) is 5.04. The molecular formula is C26H31N3O3. The highest BCUT2D eigenvalue weighted by molar-refractivity contribution is 6.01. The molecule has 1 atom stereocenters. The van der Waals surface area contributed by atoms with E-state index in [2.05, 4.69) is 22.1 Å². The number of carbonyl (C=O) groups is 2. The van der Waals surface area contributed by atoms with Crippen LogP contribution in [0.1, 0.15) is 60.6 Å². The predicted octanol–water partition coefficient (Wildman–Crippen LogP) is 4.01. The van der Waals surface area contributed by atoms with E-state index < -0.39 is 0 Å². The third-order valence-corrected chi connectivity index (χ3v) is 6.25. The van der Waals surface area contributed by atoms with Crippen LogP contribution in [0.3, 0.4) is 0 Å². The highest BCUT2D eigenvalue weighted by Crippen LogP contribution is 2.28. The number of carbonyl (C=O) groups excluding carboxylic acids is 2. The summed E-state index contributed by atoms with van der Waals surface area (Å²) in [4.78, 5) is 31.9. The van der Waals surface area contributed by atoms with Gasteiger partial charge in [0.1, 0.15) is 11.4 Å². The number of hydrogen-bond acceptors (Lipinski definition) is 5. The molecule has 0 saturated carbocycles. The number of rotatable bonds is 7. The Hall–Kier alpha value is -2.99. The Morgan fingerprint density at radius 3 is 2.94 bits per heavy atom. The molecule has 1 unspecified atom stereocenters.